The molecule has 3 heterocycles. The van der Waals surface area contributed by atoms with Crippen molar-refractivity contribution in [1.29, 1.82) is 0 Å². The van der Waals surface area contributed by atoms with Crippen molar-refractivity contribution >= 4 is 11.6 Å². The Hall–Kier alpha value is -2.89. The fraction of sp³-hybridized carbons (Fsp3) is 0.409. The lowest BCUT2D eigenvalue weighted by atomic mass is 10.0. The quantitative estimate of drug-likeness (QED) is 0.785. The molecule has 1 N–H and O–H groups in total. The number of likely N-dealkylation sites (tertiary alicyclic amines) is 1. The minimum atomic E-state index is -0.0781. The molecule has 0 bridgehead atoms. The van der Waals surface area contributed by atoms with Crippen LogP contribution in [0.3, 0.4) is 0 Å². The Morgan fingerprint density at radius 3 is 2.79 bits per heavy atom. The zero-order valence-electron chi connectivity index (χ0n) is 16.0. The van der Waals surface area contributed by atoms with Gasteiger partial charge in [-0.2, -0.15) is 0 Å². The molecule has 2 fully saturated rings. The van der Waals surface area contributed by atoms with E-state index >= 15 is 0 Å². The minimum Gasteiger partial charge on any atom is -0.362 e. The molecule has 1 amide bonds. The summed E-state index contributed by atoms with van der Waals surface area (Å²) >= 11 is 0. The summed E-state index contributed by atoms with van der Waals surface area (Å²) in [5.41, 5.74) is 2.60. The van der Waals surface area contributed by atoms with Crippen LogP contribution in [0.4, 0.5) is 5.69 Å². The first kappa shape index (κ1) is 18.5. The highest BCUT2D eigenvalue weighted by atomic mass is 16.2. The molecule has 4 rings (SSSR count). The number of pyridine rings is 2. The van der Waals surface area contributed by atoms with Crippen molar-refractivity contribution in [2.45, 2.75) is 31.7 Å². The maximum atomic E-state index is 12.8. The third-order valence-corrected chi connectivity index (χ3v) is 5.68. The summed E-state index contributed by atoms with van der Waals surface area (Å²) in [6.45, 7) is 5.87. The molecule has 1 saturated carbocycles. The Bertz CT molecular complexity index is 904. The molecular formula is C22H26N4O2. The molecule has 28 heavy (non-hydrogen) atoms. The summed E-state index contributed by atoms with van der Waals surface area (Å²) in [5.74, 6) is 0.602. The van der Waals surface area contributed by atoms with Gasteiger partial charge in [-0.15, -0.1) is 0 Å². The zero-order chi connectivity index (χ0) is 19.5. The number of rotatable bonds is 6. The average molecular weight is 378 g/mol. The lowest BCUT2D eigenvalue weighted by Gasteiger charge is -2.40. The summed E-state index contributed by atoms with van der Waals surface area (Å²) in [7, 11) is 0. The van der Waals surface area contributed by atoms with Crippen LogP contribution >= 0.6 is 0 Å². The minimum absolute atomic E-state index is 0.0319. The number of nitrogens with zero attached hydrogens (tertiary/aromatic N) is 3. The molecule has 1 aliphatic carbocycles. The highest BCUT2D eigenvalue weighted by molar-refractivity contribution is 5.87. The molecule has 0 aromatic carbocycles. The zero-order valence-corrected chi connectivity index (χ0v) is 16.0. The van der Waals surface area contributed by atoms with Gasteiger partial charge in [0.2, 0.25) is 5.91 Å². The summed E-state index contributed by atoms with van der Waals surface area (Å²) in [6, 6.07) is 6.00. The second kappa shape index (κ2) is 8.00. The number of carbonyl (C=O) groups excluding carboxylic acids is 1. The Balaban J connectivity index is 1.66. The van der Waals surface area contributed by atoms with Crippen molar-refractivity contribution in [2.75, 3.05) is 24.5 Å². The summed E-state index contributed by atoms with van der Waals surface area (Å²) in [6.07, 6.45) is 11.0. The van der Waals surface area contributed by atoms with Gasteiger partial charge >= 0.3 is 0 Å². The van der Waals surface area contributed by atoms with Crippen LogP contribution in [0.1, 0.15) is 25.7 Å². The van der Waals surface area contributed by atoms with Crippen LogP contribution in [-0.4, -0.2) is 46.5 Å². The molecule has 1 saturated heterocycles. The van der Waals surface area contributed by atoms with Gasteiger partial charge in [-0.05, 0) is 61.4 Å². The number of hydrogen-bond donors (Lipinski definition) is 1. The number of aromatic nitrogens is 2. The van der Waals surface area contributed by atoms with Crippen LogP contribution in [0, 0.1) is 5.92 Å². The second-order valence-corrected chi connectivity index (χ2v) is 7.72. The molecule has 1 aliphatic heterocycles. The van der Waals surface area contributed by atoms with Gasteiger partial charge in [-0.25, -0.2) is 0 Å². The first-order valence-corrected chi connectivity index (χ1v) is 9.97. The number of anilines is 1. The molecule has 1 atom stereocenters. The number of piperidine rings is 1. The van der Waals surface area contributed by atoms with E-state index in [0.717, 1.165) is 37.1 Å². The molecular weight excluding hydrogens is 352 g/mol. The van der Waals surface area contributed by atoms with Crippen LogP contribution in [0.5, 0.6) is 0 Å². The van der Waals surface area contributed by atoms with Gasteiger partial charge in [0.1, 0.15) is 5.69 Å². The van der Waals surface area contributed by atoms with E-state index in [1.807, 2.05) is 23.1 Å². The monoisotopic (exact) mass is 378 g/mol. The number of amides is 1. The van der Waals surface area contributed by atoms with Crippen molar-refractivity contribution < 1.29 is 4.79 Å². The van der Waals surface area contributed by atoms with Crippen molar-refractivity contribution in [3.05, 3.63) is 59.8 Å². The van der Waals surface area contributed by atoms with Crippen LogP contribution in [0.2, 0.25) is 0 Å². The maximum absolute atomic E-state index is 12.8. The second-order valence-electron chi connectivity index (χ2n) is 7.72. The molecule has 0 spiro atoms. The van der Waals surface area contributed by atoms with Crippen LogP contribution in [0.15, 0.2) is 54.2 Å². The van der Waals surface area contributed by atoms with E-state index in [4.69, 9.17) is 0 Å². The molecule has 6 nitrogen and oxygen atoms in total. The van der Waals surface area contributed by atoms with Gasteiger partial charge in [0, 0.05) is 49.8 Å². The average Bonchev–Trinajstić information content (AvgIpc) is 3.57. The van der Waals surface area contributed by atoms with E-state index in [1.54, 1.807) is 18.6 Å². The molecule has 6 heteroatoms. The van der Waals surface area contributed by atoms with E-state index in [9.17, 15) is 9.59 Å². The third-order valence-electron chi connectivity index (χ3n) is 5.68. The Kier molecular flexibility index (Phi) is 5.28. The summed E-state index contributed by atoms with van der Waals surface area (Å²) in [4.78, 5) is 36.0. The SMILES string of the molecule is C=CC(=O)N1CCC[C@H](N(CC2CC2)c2cc(-c3ccncc3)c[nH]c2=O)C1. The van der Waals surface area contributed by atoms with Crippen LogP contribution in [-0.2, 0) is 4.79 Å². The first-order valence-electron chi connectivity index (χ1n) is 9.97. The lowest BCUT2D eigenvalue weighted by Crippen LogP contribution is -2.51. The molecule has 0 unspecified atom stereocenters. The Morgan fingerprint density at radius 2 is 2.07 bits per heavy atom. The normalized spacial score (nSPS) is 19.3. The van der Waals surface area contributed by atoms with Gasteiger partial charge in [0.25, 0.3) is 5.56 Å². The Labute approximate surface area is 164 Å². The van der Waals surface area contributed by atoms with Gasteiger partial charge in [-0.1, -0.05) is 6.58 Å². The van der Waals surface area contributed by atoms with E-state index in [0.29, 0.717) is 18.2 Å². The largest absolute Gasteiger partial charge is 0.362 e. The fourth-order valence-electron chi connectivity index (χ4n) is 3.96. The first-order chi connectivity index (χ1) is 13.7. The summed E-state index contributed by atoms with van der Waals surface area (Å²) in [5, 5.41) is 0. The van der Waals surface area contributed by atoms with E-state index < -0.39 is 0 Å². The summed E-state index contributed by atoms with van der Waals surface area (Å²) < 4.78 is 0. The van der Waals surface area contributed by atoms with Gasteiger partial charge in [0.05, 0.1) is 0 Å². The standard InChI is InChI=1S/C22H26N4O2/c1-2-21(27)25-11-3-4-19(15-25)26(14-16-5-6-16)20-12-18(13-24-22(20)28)17-7-9-23-10-8-17/h2,7-10,12-13,16,19H,1,3-6,11,14-15H2,(H,24,28)/t19-/m0/s1. The number of aromatic amines is 1. The van der Waals surface area contributed by atoms with Crippen LogP contribution < -0.4 is 10.5 Å². The van der Waals surface area contributed by atoms with E-state index in [1.165, 1.54) is 18.9 Å². The Morgan fingerprint density at radius 1 is 1.29 bits per heavy atom. The van der Waals surface area contributed by atoms with Crippen molar-refractivity contribution in [1.82, 2.24) is 14.9 Å². The van der Waals surface area contributed by atoms with E-state index in [2.05, 4.69) is 21.4 Å². The van der Waals surface area contributed by atoms with Gasteiger partial charge < -0.3 is 14.8 Å². The predicted octanol–water partition coefficient (Wildman–Crippen LogP) is 2.83. The van der Waals surface area contributed by atoms with Gasteiger partial charge in [0.15, 0.2) is 0 Å². The predicted molar refractivity (Wildman–Crippen MR) is 110 cm³/mol. The number of nitrogens with one attached hydrogen (secondary N) is 1. The number of hydrogen-bond acceptors (Lipinski definition) is 4. The van der Waals surface area contributed by atoms with E-state index in [-0.39, 0.29) is 17.5 Å². The molecule has 2 aromatic rings. The van der Waals surface area contributed by atoms with Crippen LogP contribution in [0.25, 0.3) is 11.1 Å². The van der Waals surface area contributed by atoms with Gasteiger partial charge in [-0.3, -0.25) is 14.6 Å². The topological polar surface area (TPSA) is 69.3 Å². The van der Waals surface area contributed by atoms with Crippen molar-refractivity contribution in [2.24, 2.45) is 5.92 Å². The highest BCUT2D eigenvalue weighted by Crippen LogP contribution is 2.33. The fourth-order valence-corrected chi connectivity index (χ4v) is 3.96. The molecule has 0 radical (unpaired) electrons. The van der Waals surface area contributed by atoms with Crippen molar-refractivity contribution in [3.63, 3.8) is 0 Å². The maximum Gasteiger partial charge on any atom is 0.271 e. The lowest BCUT2D eigenvalue weighted by molar-refractivity contribution is -0.127. The third kappa shape index (κ3) is 4.01. The molecule has 2 aliphatic rings. The smallest absolute Gasteiger partial charge is 0.271 e. The number of carbonyl (C=O) groups is 1. The molecule has 2 aromatic heterocycles. The van der Waals surface area contributed by atoms with Crippen molar-refractivity contribution in [3.8, 4) is 11.1 Å². The molecule has 146 valence electrons. The highest BCUT2D eigenvalue weighted by Gasteiger charge is 2.33. The number of H-pyrrole nitrogens is 1.